The van der Waals surface area contributed by atoms with Crippen LogP contribution in [0.3, 0.4) is 0 Å². The lowest BCUT2D eigenvalue weighted by atomic mass is 9.89. The number of aliphatic carboxylic acids is 1. The highest BCUT2D eigenvalue weighted by atomic mass is 35.5. The molecule has 7 aliphatic heterocycles. The lowest BCUT2D eigenvalue weighted by molar-refractivity contribution is -0.244. The van der Waals surface area contributed by atoms with Gasteiger partial charge < -0.3 is 117 Å². The minimum Gasteiger partial charge on any atom is -0.508 e. The van der Waals surface area contributed by atoms with E-state index in [4.69, 9.17) is 46.9 Å². The van der Waals surface area contributed by atoms with Crippen LogP contribution in [0.1, 0.15) is 140 Å². The topological polar surface area (TPSA) is 481 Å². The van der Waals surface area contributed by atoms with Crippen LogP contribution in [0.15, 0.2) is 115 Å². The Morgan fingerprint density at radius 3 is 1.89 bits per heavy atom. The normalized spacial score (nSPS) is 24.0. The molecule has 0 aromatic heterocycles. The summed E-state index contributed by atoms with van der Waals surface area (Å²) in [6.07, 6.45) is -2.78. The van der Waals surface area contributed by atoms with Crippen LogP contribution in [0.2, 0.25) is 10.0 Å². The smallest absolute Gasteiger partial charge is 0.330 e. The van der Waals surface area contributed by atoms with Crippen molar-refractivity contribution in [3.8, 4) is 80.1 Å². The van der Waals surface area contributed by atoms with Crippen molar-refractivity contribution < 1.29 is 113 Å². The van der Waals surface area contributed by atoms with Crippen LogP contribution in [0.5, 0.6) is 69.0 Å². The average molecular weight is 1540 g/mol. The second-order valence-electron chi connectivity index (χ2n) is 26.9. The van der Waals surface area contributed by atoms with Gasteiger partial charge in [-0.15, -0.1) is 0 Å². The van der Waals surface area contributed by atoms with Crippen LogP contribution in [-0.4, -0.2) is 155 Å². The van der Waals surface area contributed by atoms with Crippen molar-refractivity contribution in [3.05, 3.63) is 164 Å². The van der Waals surface area contributed by atoms with Gasteiger partial charge in [-0.25, -0.2) is 4.79 Å². The number of aliphatic hydroxyl groups excluding tert-OH is 4. The Kier molecular flexibility index (Phi) is 23.5. The van der Waals surface area contributed by atoms with Crippen molar-refractivity contribution in [2.24, 2.45) is 0 Å². The Morgan fingerprint density at radius 2 is 1.19 bits per heavy atom. The fourth-order valence-electron chi connectivity index (χ4n) is 13.7. The Morgan fingerprint density at radius 1 is 0.560 bits per heavy atom. The number of carbonyl (C=O) groups excluding carboxylic acids is 7. The fourth-order valence-corrected chi connectivity index (χ4v) is 14.2. The highest BCUT2D eigenvalue weighted by molar-refractivity contribution is 6.33. The number of rotatable bonds is 15. The molecule has 7 amide bonds. The fraction of sp³-hybridized carbons (Fsp3) is 0.342. The van der Waals surface area contributed by atoms with Gasteiger partial charge in [-0.1, -0.05) is 105 Å². The highest BCUT2D eigenvalue weighted by Crippen LogP contribution is 2.50. The van der Waals surface area contributed by atoms with E-state index in [9.17, 15) is 70.2 Å². The maximum atomic E-state index is 16.4. The van der Waals surface area contributed by atoms with E-state index < -0.39 is 217 Å². The van der Waals surface area contributed by atoms with Gasteiger partial charge in [0.1, 0.15) is 107 Å². The summed E-state index contributed by atoms with van der Waals surface area (Å²) in [5.41, 5.74) is -2.43. The molecular formula is C76H78Cl2N8O23. The number of ether oxygens (including phenoxy) is 5. The van der Waals surface area contributed by atoms with Gasteiger partial charge in [0.05, 0.1) is 16.7 Å². The first kappa shape index (κ1) is 77.5. The number of aromatic hydroxyl groups is 5. The van der Waals surface area contributed by atoms with E-state index in [1.54, 1.807) is 0 Å². The van der Waals surface area contributed by atoms with Crippen molar-refractivity contribution in [1.82, 2.24) is 42.5 Å². The number of amides is 7. The minimum atomic E-state index is -2.33. The number of phenols is 5. The van der Waals surface area contributed by atoms with Gasteiger partial charge in [0.2, 0.25) is 53.4 Å². The first-order valence-corrected chi connectivity index (χ1v) is 35.8. The first-order chi connectivity index (χ1) is 52.2. The molecule has 1 fully saturated rings. The number of hydrogen-bond acceptors (Lipinski definition) is 23. The van der Waals surface area contributed by atoms with Crippen molar-refractivity contribution in [2.45, 2.75) is 150 Å². The zero-order valence-corrected chi connectivity index (χ0v) is 59.8. The summed E-state index contributed by atoms with van der Waals surface area (Å²) < 4.78 is 32.5. The molecule has 0 spiro atoms. The summed E-state index contributed by atoms with van der Waals surface area (Å²) in [7, 11) is 1.45. The van der Waals surface area contributed by atoms with E-state index in [-0.39, 0.29) is 52.5 Å². The van der Waals surface area contributed by atoms with Gasteiger partial charge in [-0.2, -0.15) is 0 Å². The van der Waals surface area contributed by atoms with Gasteiger partial charge in [-0.05, 0) is 114 Å². The van der Waals surface area contributed by atoms with E-state index in [1.165, 1.54) is 55.6 Å². The number of fused-ring (bicyclic) bond motifs is 14. The van der Waals surface area contributed by atoms with Crippen molar-refractivity contribution in [3.63, 3.8) is 0 Å². The zero-order chi connectivity index (χ0) is 77.8. The molecule has 7 aromatic rings. The second-order valence-corrected chi connectivity index (χ2v) is 27.7. The lowest BCUT2D eigenvalue weighted by Gasteiger charge is -2.42. The Bertz CT molecular complexity index is 4700. The summed E-state index contributed by atoms with van der Waals surface area (Å²) in [5.74, 6) is -16.0. The van der Waals surface area contributed by atoms with Crippen LogP contribution >= 0.6 is 23.2 Å². The molecule has 7 aromatic carbocycles. The number of carbonyl (C=O) groups is 8. The molecule has 31 nitrogen and oxygen atoms in total. The molecule has 7 aliphatic rings. The molecule has 13 atom stereocenters. The van der Waals surface area contributed by atoms with E-state index in [0.717, 1.165) is 105 Å². The summed E-state index contributed by atoms with van der Waals surface area (Å²) >= 11 is 14.1. The van der Waals surface area contributed by atoms with E-state index in [0.29, 0.717) is 18.4 Å². The third-order valence-electron chi connectivity index (χ3n) is 19.4. The summed E-state index contributed by atoms with van der Waals surface area (Å²) in [5, 5.41) is 134. The van der Waals surface area contributed by atoms with E-state index in [2.05, 4.69) is 49.5 Å². The molecule has 17 bridgehead atoms. The molecule has 109 heavy (non-hydrogen) atoms. The van der Waals surface area contributed by atoms with Crippen LogP contribution in [0, 0.1) is 0 Å². The third kappa shape index (κ3) is 16.8. The largest absolute Gasteiger partial charge is 0.508 e. The predicted molar refractivity (Wildman–Crippen MR) is 386 cm³/mol. The SMILES string of the molecule is CCCCCCCCCCC(=O)N[C@H]1[C@H](Oc2c3cc4cc2Oc2ccc(cc2Cl)[C@@H](O)[C@@H]2NC(=O)[C@H](NC(=O)[C@@H]4NC(=O)[C@H]4NC(=O)[C@@H](Cc5ccc(cc5)O3)NC(=O)[C@@H](NC)c3ccc(O)c(c3)Oc3cc(O)c(Cl)c4c3)c3ccc(O)c(c3)-c3c(O)cc(O)cc3[C@H](C(=O)O)NC2=O)O[C@H](CO)[C@@H](O)[C@@H]1O. The highest BCUT2D eigenvalue weighted by Gasteiger charge is 2.48. The van der Waals surface area contributed by atoms with Crippen LogP contribution < -0.4 is 61.5 Å². The minimum absolute atomic E-state index is 0.0523. The zero-order valence-electron chi connectivity index (χ0n) is 58.3. The number of halogens is 2. The van der Waals surface area contributed by atoms with Crippen molar-refractivity contribution in [2.75, 3.05) is 13.7 Å². The number of carboxylic acids is 1. The van der Waals surface area contributed by atoms with E-state index in [1.807, 2.05) is 0 Å². The molecule has 0 saturated carbocycles. The Hall–Kier alpha value is -11.2. The first-order valence-electron chi connectivity index (χ1n) is 35.0. The molecule has 7 heterocycles. The molecular weight excluding hydrogens is 1460 g/mol. The second kappa shape index (κ2) is 33.1. The predicted octanol–water partition coefficient (Wildman–Crippen LogP) is 6.37. The molecule has 1 saturated heterocycles. The van der Waals surface area contributed by atoms with Crippen molar-refractivity contribution in [1.29, 1.82) is 0 Å². The number of hydrogen-bond donors (Lipinski definition) is 18. The van der Waals surface area contributed by atoms with Gasteiger partial charge in [0, 0.05) is 47.2 Å². The number of nitrogens with one attached hydrogen (secondary N) is 8. The van der Waals surface area contributed by atoms with Gasteiger partial charge in [0.25, 0.3) is 0 Å². The van der Waals surface area contributed by atoms with Gasteiger partial charge >= 0.3 is 5.97 Å². The molecule has 574 valence electrons. The lowest BCUT2D eigenvalue weighted by Crippen LogP contribution is -2.65. The molecule has 0 radical (unpaired) electrons. The number of unbranched alkanes of at least 4 members (excludes halogenated alkanes) is 7. The molecule has 0 aliphatic carbocycles. The van der Waals surface area contributed by atoms with Gasteiger partial charge in [-0.3, -0.25) is 33.6 Å². The van der Waals surface area contributed by atoms with Crippen LogP contribution in [-0.2, 0) is 49.5 Å². The number of carboxylic acid groups (broad SMARTS) is 1. The van der Waals surface area contributed by atoms with E-state index >= 15 is 19.2 Å². The monoisotopic (exact) mass is 1540 g/mol. The number of benzene rings is 7. The van der Waals surface area contributed by atoms with Crippen LogP contribution in [0.4, 0.5) is 0 Å². The number of likely N-dealkylation sites (N-methyl/N-ethyl adjacent to an activating group) is 1. The molecule has 33 heteroatoms. The summed E-state index contributed by atoms with van der Waals surface area (Å²) in [4.78, 5) is 120. The maximum Gasteiger partial charge on any atom is 0.330 e. The number of aliphatic hydroxyl groups is 4. The third-order valence-corrected chi connectivity index (χ3v) is 20.1. The standard InChI is InChI=1S/C76H78Cl2N8O23/c1-3-4-5-6-7-8-9-10-11-55(93)81-64-67(96)66(95)54(32-87)108-76(64)109-68-52-26-37-27-53(68)107-50-21-16-36(24-44(50)77)65(94)63-74(102)85-62(75(103)104)42-28-38(88)29-48(91)56(42)41-23-34(14-19-46(41)89)59(71(99)86-63)82-72(100)60(37)83-73(101)61-43-30-40(31-49(92)57(43)78)106-51-25-35(15-20-47(51)90)58(79-2)70(98)80-45(69(97)84-61)22-33-12-17-39(105-52)18-13-33/h12-21,23-31,45,54,58-67,76,79,87-92,94-96H,3-11,22,32H2,1-2H3,(H,80,98)(H,81,93)(H,82,100)(H,83,101)(H,84,97)(H,85,102)(H,86,99)(H,103,104)/t45-,54-,58+,59-,60-,61+,62-,63+,64-,65-,66-,67-,76+/m1/s1. The molecule has 18 N–H and O–H groups in total. The summed E-state index contributed by atoms with van der Waals surface area (Å²) in [6, 6.07) is 6.55. The quantitative estimate of drug-likeness (QED) is 0.0495. The number of phenolic OH excluding ortho intramolecular Hbond substituents is 5. The van der Waals surface area contributed by atoms with Gasteiger partial charge in [0.15, 0.2) is 29.0 Å². The Balaban J connectivity index is 1.09. The summed E-state index contributed by atoms with van der Waals surface area (Å²) in [6.45, 7) is 1.19. The van der Waals surface area contributed by atoms with Crippen molar-refractivity contribution >= 4 is 70.5 Å². The van der Waals surface area contributed by atoms with Crippen LogP contribution in [0.25, 0.3) is 11.1 Å². The maximum absolute atomic E-state index is 16.4. The molecule has 14 rings (SSSR count). The average Bonchev–Trinajstić information content (AvgIpc) is 0.765. The molecule has 0 unspecified atom stereocenters. The Labute approximate surface area is 631 Å².